The van der Waals surface area contributed by atoms with Gasteiger partial charge in [-0.1, -0.05) is 53.5 Å². The fraction of sp³-hybridized carbons (Fsp3) is 0.535. The molecular formula is C43H47Cl2F6N3O5. The Kier molecular flexibility index (Phi) is 13.0. The summed E-state index contributed by atoms with van der Waals surface area (Å²) >= 11 is 12.7. The lowest BCUT2D eigenvalue weighted by Crippen LogP contribution is -2.54. The summed E-state index contributed by atoms with van der Waals surface area (Å²) in [6, 6.07) is 14.2. The Hall–Kier alpha value is -3.40. The van der Waals surface area contributed by atoms with Gasteiger partial charge in [0.15, 0.2) is 0 Å². The molecule has 3 fully saturated rings. The molecule has 0 unspecified atom stereocenters. The third kappa shape index (κ3) is 9.28. The Labute approximate surface area is 349 Å². The summed E-state index contributed by atoms with van der Waals surface area (Å²) in [7, 11) is 0. The van der Waals surface area contributed by atoms with Gasteiger partial charge in [-0.25, -0.2) is 0 Å². The number of amides is 2. The molecule has 1 N–H and O–H groups in total. The van der Waals surface area contributed by atoms with Gasteiger partial charge in [0.25, 0.3) is 5.91 Å². The molecule has 0 saturated carbocycles. The van der Waals surface area contributed by atoms with Crippen molar-refractivity contribution in [2.45, 2.75) is 86.9 Å². The minimum absolute atomic E-state index is 0.00203. The topological polar surface area (TPSA) is 82.6 Å². The molecule has 3 atom stereocenters. The molecule has 3 aromatic rings. The van der Waals surface area contributed by atoms with Crippen LogP contribution in [-0.2, 0) is 44.1 Å². The molecule has 59 heavy (non-hydrogen) atoms. The Morgan fingerprint density at radius 1 is 0.898 bits per heavy atom. The van der Waals surface area contributed by atoms with Gasteiger partial charge >= 0.3 is 12.4 Å². The zero-order valence-corrected chi connectivity index (χ0v) is 33.9. The monoisotopic (exact) mass is 869 g/mol. The third-order valence-electron chi connectivity index (χ3n) is 12.7. The van der Waals surface area contributed by atoms with Gasteiger partial charge in [-0.15, -0.1) is 0 Å². The Morgan fingerprint density at radius 2 is 1.61 bits per heavy atom. The van der Waals surface area contributed by atoms with E-state index in [1.54, 1.807) is 18.2 Å². The van der Waals surface area contributed by atoms with Gasteiger partial charge in [0.1, 0.15) is 12.2 Å². The molecule has 3 aromatic carbocycles. The summed E-state index contributed by atoms with van der Waals surface area (Å²) in [5.74, 6) is -1.01. The summed E-state index contributed by atoms with van der Waals surface area (Å²) in [5.41, 5.74) is -2.42. The first-order valence-corrected chi connectivity index (χ1v) is 20.8. The van der Waals surface area contributed by atoms with E-state index < -0.39 is 40.6 Å². The molecule has 2 amide bonds. The van der Waals surface area contributed by atoms with Crippen molar-refractivity contribution in [2.24, 2.45) is 0 Å². The largest absolute Gasteiger partial charge is 0.416 e. The maximum Gasteiger partial charge on any atom is 0.416 e. The summed E-state index contributed by atoms with van der Waals surface area (Å²) in [5, 5.41) is 9.83. The Morgan fingerprint density at radius 3 is 2.29 bits per heavy atom. The number of piperidine rings is 1. The van der Waals surface area contributed by atoms with Crippen LogP contribution in [0.15, 0.2) is 60.7 Å². The first-order chi connectivity index (χ1) is 28.0. The van der Waals surface area contributed by atoms with Gasteiger partial charge in [-0.3, -0.25) is 9.59 Å². The summed E-state index contributed by atoms with van der Waals surface area (Å²) < 4.78 is 95.4. The SMILES string of the molecule is O=C(c1cc(C(F)(F)F)cc(C(F)(F)F)c1)N1CCO[C@](CCN2CCC3(CC2)c2ccccc2C[C@@H]3OCC(=O)N2CCC[C@@H]2CCCO)(c2ccc(Cl)c(Cl)c2)C1. The van der Waals surface area contributed by atoms with E-state index >= 15 is 0 Å². The molecular weight excluding hydrogens is 823 g/mol. The van der Waals surface area contributed by atoms with Crippen LogP contribution in [0.25, 0.3) is 0 Å². The van der Waals surface area contributed by atoms with Crippen LogP contribution in [0.2, 0.25) is 10.0 Å². The number of carbonyl (C=O) groups excluding carboxylic acids is 2. The predicted molar refractivity (Wildman–Crippen MR) is 209 cm³/mol. The second-order valence-electron chi connectivity index (χ2n) is 16.2. The molecule has 3 aliphatic heterocycles. The molecule has 0 aromatic heterocycles. The molecule has 0 radical (unpaired) electrons. The van der Waals surface area contributed by atoms with E-state index in [1.807, 2.05) is 17.0 Å². The number of aliphatic hydroxyl groups excluding tert-OH is 1. The second kappa shape index (κ2) is 17.5. The Bertz CT molecular complexity index is 1980. The lowest BCUT2D eigenvalue weighted by atomic mass is 9.72. The highest BCUT2D eigenvalue weighted by molar-refractivity contribution is 6.42. The van der Waals surface area contributed by atoms with E-state index in [1.165, 1.54) is 16.0 Å². The number of nitrogens with zero attached hydrogens (tertiary/aromatic N) is 3. The van der Waals surface area contributed by atoms with Crippen LogP contribution >= 0.6 is 23.2 Å². The second-order valence-corrected chi connectivity index (χ2v) is 17.0. The van der Waals surface area contributed by atoms with Crippen LogP contribution in [0.3, 0.4) is 0 Å². The number of likely N-dealkylation sites (tertiary alicyclic amines) is 2. The number of benzene rings is 3. The molecule has 3 saturated heterocycles. The molecule has 4 aliphatic rings. The number of alkyl halides is 6. The van der Waals surface area contributed by atoms with Crippen molar-refractivity contribution < 1.29 is 50.5 Å². The number of hydrogen-bond donors (Lipinski definition) is 1. The molecule has 1 spiro atoms. The van der Waals surface area contributed by atoms with Gasteiger partial charge < -0.3 is 29.3 Å². The van der Waals surface area contributed by atoms with Crippen LogP contribution < -0.4 is 0 Å². The molecule has 3 heterocycles. The minimum Gasteiger partial charge on any atom is -0.396 e. The number of halogens is 8. The highest BCUT2D eigenvalue weighted by atomic mass is 35.5. The average molecular weight is 871 g/mol. The lowest BCUT2D eigenvalue weighted by molar-refractivity contribution is -0.143. The zero-order chi connectivity index (χ0) is 42.2. The maximum atomic E-state index is 13.8. The molecule has 16 heteroatoms. The number of carbonyl (C=O) groups is 2. The van der Waals surface area contributed by atoms with E-state index in [0.29, 0.717) is 63.1 Å². The summed E-state index contributed by atoms with van der Waals surface area (Å²) in [4.78, 5) is 32.7. The summed E-state index contributed by atoms with van der Waals surface area (Å²) in [6.45, 7) is 2.33. The van der Waals surface area contributed by atoms with Crippen molar-refractivity contribution in [1.29, 1.82) is 0 Å². The van der Waals surface area contributed by atoms with E-state index in [4.69, 9.17) is 32.7 Å². The minimum atomic E-state index is -5.11. The summed E-state index contributed by atoms with van der Waals surface area (Å²) in [6.07, 6.45) is -4.67. The Balaban J connectivity index is 1.08. The fourth-order valence-electron chi connectivity index (χ4n) is 9.59. The van der Waals surface area contributed by atoms with Crippen LogP contribution in [0.4, 0.5) is 26.3 Å². The zero-order valence-electron chi connectivity index (χ0n) is 32.4. The van der Waals surface area contributed by atoms with Crippen LogP contribution in [0.5, 0.6) is 0 Å². The van der Waals surface area contributed by atoms with Gasteiger partial charge in [0.2, 0.25) is 5.91 Å². The van der Waals surface area contributed by atoms with Gasteiger partial charge in [-0.2, -0.15) is 26.3 Å². The number of morpholine rings is 1. The van der Waals surface area contributed by atoms with Crippen LogP contribution in [0.1, 0.15) is 83.1 Å². The van der Waals surface area contributed by atoms with Crippen molar-refractivity contribution in [1.82, 2.24) is 14.7 Å². The highest BCUT2D eigenvalue weighted by Gasteiger charge is 2.50. The van der Waals surface area contributed by atoms with Crippen molar-refractivity contribution >= 4 is 35.0 Å². The number of hydrogen-bond acceptors (Lipinski definition) is 6. The number of rotatable bonds is 11. The molecule has 1 aliphatic carbocycles. The van der Waals surface area contributed by atoms with E-state index in [2.05, 4.69) is 17.0 Å². The highest BCUT2D eigenvalue weighted by Crippen LogP contribution is 2.48. The fourth-order valence-corrected chi connectivity index (χ4v) is 9.89. The van der Waals surface area contributed by atoms with Crippen molar-refractivity contribution in [3.63, 3.8) is 0 Å². The van der Waals surface area contributed by atoms with Gasteiger partial charge in [0.05, 0.1) is 40.4 Å². The standard InChI is InChI=1S/C43H47Cl2F6N3O5/c44-35-10-9-30(25-36(35)45)41(27-53(18-20-59-41)39(57)29-21-31(42(46,47)48)24-32(22-29)43(49,50)51)13-17-52-15-11-40(12-16-52)34-8-2-1-5-28(34)23-37(40)58-26-38(56)54-14-3-6-33(54)7-4-19-55/h1-2,5,8-10,21-22,24-25,33,37,55H,3-4,6-7,11-20,23,26-27H2/t33-,37+,41+/m1/s1. The first kappa shape index (κ1) is 43.7. The number of ether oxygens (including phenoxy) is 2. The predicted octanol–water partition coefficient (Wildman–Crippen LogP) is 8.53. The quantitative estimate of drug-likeness (QED) is 0.195. The van der Waals surface area contributed by atoms with Crippen LogP contribution in [0, 0.1) is 0 Å². The van der Waals surface area contributed by atoms with E-state index in [-0.39, 0.29) is 72.5 Å². The lowest BCUT2D eigenvalue weighted by Gasteiger charge is -2.46. The maximum absolute atomic E-state index is 13.8. The van der Waals surface area contributed by atoms with E-state index in [9.17, 15) is 41.0 Å². The normalized spacial score (nSPS) is 23.5. The van der Waals surface area contributed by atoms with E-state index in [0.717, 1.165) is 32.1 Å². The molecule has 8 nitrogen and oxygen atoms in total. The van der Waals surface area contributed by atoms with Gasteiger partial charge in [-0.05, 0) is 111 Å². The molecule has 7 rings (SSSR count). The molecule has 320 valence electrons. The number of fused-ring (bicyclic) bond motifs is 2. The average Bonchev–Trinajstić information content (AvgIpc) is 3.81. The van der Waals surface area contributed by atoms with Gasteiger partial charge in [0, 0.05) is 43.3 Å². The van der Waals surface area contributed by atoms with Crippen molar-refractivity contribution in [3.05, 3.63) is 104 Å². The smallest absolute Gasteiger partial charge is 0.396 e. The first-order valence-electron chi connectivity index (χ1n) is 20.0. The van der Waals surface area contributed by atoms with Crippen LogP contribution in [-0.4, -0.2) is 103 Å². The molecule has 0 bridgehead atoms. The number of aliphatic hydroxyl groups is 1. The third-order valence-corrected chi connectivity index (χ3v) is 13.4. The van der Waals surface area contributed by atoms with Crippen molar-refractivity contribution in [2.75, 3.05) is 59.1 Å². The van der Waals surface area contributed by atoms with Crippen molar-refractivity contribution in [3.8, 4) is 0 Å².